The van der Waals surface area contributed by atoms with Crippen molar-refractivity contribution in [2.75, 3.05) is 23.7 Å². The number of nitrogens with zero attached hydrogens (tertiary/aromatic N) is 1. The molecule has 1 atom stereocenters. The topological polar surface area (TPSA) is 61.4 Å². The summed E-state index contributed by atoms with van der Waals surface area (Å²) in [6, 6.07) is 7.74. The maximum Gasteiger partial charge on any atom is 0.238 e. The Kier molecular flexibility index (Phi) is 5.95. The van der Waals surface area contributed by atoms with Crippen molar-refractivity contribution in [3.8, 4) is 0 Å². The van der Waals surface area contributed by atoms with Gasteiger partial charge < -0.3 is 10.6 Å². The van der Waals surface area contributed by atoms with Crippen LogP contribution in [0.1, 0.15) is 39.5 Å². The van der Waals surface area contributed by atoms with E-state index in [4.69, 9.17) is 0 Å². The van der Waals surface area contributed by atoms with Crippen molar-refractivity contribution in [3.63, 3.8) is 0 Å². The molecule has 0 saturated carbocycles. The van der Waals surface area contributed by atoms with Gasteiger partial charge >= 0.3 is 0 Å². The lowest BCUT2D eigenvalue weighted by molar-refractivity contribution is -0.118. The normalized spacial score (nSPS) is 18.7. The monoisotopic (exact) mass is 303 g/mol. The van der Waals surface area contributed by atoms with Crippen LogP contribution in [0.25, 0.3) is 0 Å². The van der Waals surface area contributed by atoms with E-state index in [-0.39, 0.29) is 11.8 Å². The van der Waals surface area contributed by atoms with E-state index in [1.807, 2.05) is 12.1 Å². The standard InChI is InChI=1S/C17H25N3O2/c1-3-16-9-4-5-10-20(16)12-17(22)19-15-8-6-7-14(11-15)18-13(2)21/h6-8,11,16H,3-5,9-10,12H2,1-2H3,(H,18,21)(H,19,22). The van der Waals surface area contributed by atoms with E-state index in [9.17, 15) is 9.59 Å². The Hall–Kier alpha value is -1.88. The third-order valence-corrected chi connectivity index (χ3v) is 4.03. The van der Waals surface area contributed by atoms with Crippen LogP contribution >= 0.6 is 0 Å². The molecule has 1 aliphatic heterocycles. The minimum atomic E-state index is -0.123. The fourth-order valence-corrected chi connectivity index (χ4v) is 2.99. The smallest absolute Gasteiger partial charge is 0.238 e. The number of carbonyl (C=O) groups is 2. The highest BCUT2D eigenvalue weighted by atomic mass is 16.2. The van der Waals surface area contributed by atoms with Gasteiger partial charge in [-0.25, -0.2) is 0 Å². The van der Waals surface area contributed by atoms with Crippen molar-refractivity contribution in [2.24, 2.45) is 0 Å². The lowest BCUT2D eigenvalue weighted by atomic mass is 10.00. The second-order valence-corrected chi connectivity index (χ2v) is 5.84. The number of piperidine rings is 1. The van der Waals surface area contributed by atoms with Crippen LogP contribution in [0.4, 0.5) is 11.4 Å². The Balaban J connectivity index is 1.92. The second kappa shape index (κ2) is 7.94. The molecule has 1 saturated heterocycles. The molecule has 5 nitrogen and oxygen atoms in total. The van der Waals surface area contributed by atoms with E-state index < -0.39 is 0 Å². The first-order chi connectivity index (χ1) is 10.6. The number of anilines is 2. The average molecular weight is 303 g/mol. The minimum absolute atomic E-state index is 0.000301. The Morgan fingerprint density at radius 1 is 1.23 bits per heavy atom. The Bertz CT molecular complexity index is 530. The molecule has 0 radical (unpaired) electrons. The molecule has 1 heterocycles. The van der Waals surface area contributed by atoms with Crippen molar-refractivity contribution in [3.05, 3.63) is 24.3 Å². The summed E-state index contributed by atoms with van der Waals surface area (Å²) in [5.74, 6) is -0.122. The Labute approximate surface area is 132 Å². The molecule has 120 valence electrons. The number of carbonyl (C=O) groups excluding carboxylic acids is 2. The first-order valence-electron chi connectivity index (χ1n) is 8.00. The minimum Gasteiger partial charge on any atom is -0.326 e. The van der Waals surface area contributed by atoms with Crippen LogP contribution in [0.3, 0.4) is 0 Å². The fraction of sp³-hybridized carbons (Fsp3) is 0.529. The van der Waals surface area contributed by atoms with Gasteiger partial charge in [-0.05, 0) is 44.0 Å². The van der Waals surface area contributed by atoms with Gasteiger partial charge in [0.1, 0.15) is 0 Å². The van der Waals surface area contributed by atoms with Gasteiger partial charge in [0.15, 0.2) is 0 Å². The molecule has 1 aliphatic rings. The van der Waals surface area contributed by atoms with Gasteiger partial charge in [0.05, 0.1) is 6.54 Å². The molecule has 1 aromatic rings. The molecule has 0 aliphatic carbocycles. The first kappa shape index (κ1) is 16.5. The van der Waals surface area contributed by atoms with Gasteiger partial charge in [-0.3, -0.25) is 14.5 Å². The fourth-order valence-electron chi connectivity index (χ4n) is 2.99. The number of nitrogens with one attached hydrogen (secondary N) is 2. The van der Waals surface area contributed by atoms with Crippen molar-refractivity contribution >= 4 is 23.2 Å². The van der Waals surface area contributed by atoms with Gasteiger partial charge in [-0.1, -0.05) is 19.4 Å². The van der Waals surface area contributed by atoms with Crippen LogP contribution in [-0.2, 0) is 9.59 Å². The Morgan fingerprint density at radius 3 is 2.64 bits per heavy atom. The van der Waals surface area contributed by atoms with Crippen molar-refractivity contribution in [2.45, 2.75) is 45.6 Å². The first-order valence-corrected chi connectivity index (χ1v) is 8.00. The van der Waals surface area contributed by atoms with E-state index in [2.05, 4.69) is 22.5 Å². The molecule has 2 amide bonds. The molecule has 2 rings (SSSR count). The highest BCUT2D eigenvalue weighted by molar-refractivity contribution is 5.94. The molecule has 22 heavy (non-hydrogen) atoms. The van der Waals surface area contributed by atoms with Crippen LogP contribution in [0.5, 0.6) is 0 Å². The van der Waals surface area contributed by atoms with E-state index in [0.29, 0.717) is 24.0 Å². The van der Waals surface area contributed by atoms with E-state index in [0.717, 1.165) is 13.0 Å². The molecule has 2 N–H and O–H groups in total. The van der Waals surface area contributed by atoms with Crippen LogP contribution in [0.2, 0.25) is 0 Å². The van der Waals surface area contributed by atoms with Crippen LogP contribution in [0.15, 0.2) is 24.3 Å². The second-order valence-electron chi connectivity index (χ2n) is 5.84. The molecular formula is C17H25N3O2. The lowest BCUT2D eigenvalue weighted by Crippen LogP contribution is -2.43. The molecule has 1 unspecified atom stereocenters. The zero-order chi connectivity index (χ0) is 15.9. The van der Waals surface area contributed by atoms with Gasteiger partial charge in [-0.2, -0.15) is 0 Å². The maximum absolute atomic E-state index is 12.2. The predicted molar refractivity (Wildman–Crippen MR) is 88.9 cm³/mol. The molecule has 1 aromatic carbocycles. The van der Waals surface area contributed by atoms with E-state index >= 15 is 0 Å². The predicted octanol–water partition coefficient (Wildman–Crippen LogP) is 2.85. The van der Waals surface area contributed by atoms with Crippen LogP contribution in [-0.4, -0.2) is 35.8 Å². The van der Waals surface area contributed by atoms with Crippen molar-refractivity contribution in [1.82, 2.24) is 4.90 Å². The van der Waals surface area contributed by atoms with Crippen molar-refractivity contribution in [1.29, 1.82) is 0 Å². The Morgan fingerprint density at radius 2 is 1.95 bits per heavy atom. The third-order valence-electron chi connectivity index (χ3n) is 4.03. The highest BCUT2D eigenvalue weighted by Crippen LogP contribution is 2.20. The summed E-state index contributed by atoms with van der Waals surface area (Å²) in [5, 5.41) is 5.63. The third kappa shape index (κ3) is 4.84. The zero-order valence-electron chi connectivity index (χ0n) is 13.4. The van der Waals surface area contributed by atoms with Gasteiger partial charge in [-0.15, -0.1) is 0 Å². The largest absolute Gasteiger partial charge is 0.326 e. The van der Waals surface area contributed by atoms with Gasteiger partial charge in [0.2, 0.25) is 11.8 Å². The number of amides is 2. The van der Waals surface area contributed by atoms with Gasteiger partial charge in [0.25, 0.3) is 0 Å². The molecular weight excluding hydrogens is 278 g/mol. The quantitative estimate of drug-likeness (QED) is 0.879. The van der Waals surface area contributed by atoms with E-state index in [1.54, 1.807) is 12.1 Å². The van der Waals surface area contributed by atoms with Gasteiger partial charge in [0, 0.05) is 24.3 Å². The number of hydrogen-bond acceptors (Lipinski definition) is 3. The molecule has 0 spiro atoms. The number of likely N-dealkylation sites (tertiary alicyclic amines) is 1. The summed E-state index contributed by atoms with van der Waals surface area (Å²) in [4.78, 5) is 25.6. The molecule has 0 bridgehead atoms. The summed E-state index contributed by atoms with van der Waals surface area (Å²) >= 11 is 0. The number of benzene rings is 1. The van der Waals surface area contributed by atoms with E-state index in [1.165, 1.54) is 26.2 Å². The molecule has 5 heteroatoms. The molecule has 1 fully saturated rings. The van der Waals surface area contributed by atoms with Crippen molar-refractivity contribution < 1.29 is 9.59 Å². The number of hydrogen-bond donors (Lipinski definition) is 2. The summed E-state index contributed by atoms with van der Waals surface area (Å²) in [7, 11) is 0. The summed E-state index contributed by atoms with van der Waals surface area (Å²) in [6.45, 7) is 5.07. The summed E-state index contributed by atoms with van der Waals surface area (Å²) < 4.78 is 0. The highest BCUT2D eigenvalue weighted by Gasteiger charge is 2.22. The SMILES string of the molecule is CCC1CCCCN1CC(=O)Nc1cccc(NC(C)=O)c1. The lowest BCUT2D eigenvalue weighted by Gasteiger charge is -2.34. The summed E-state index contributed by atoms with van der Waals surface area (Å²) in [5.41, 5.74) is 1.40. The maximum atomic E-state index is 12.2. The summed E-state index contributed by atoms with van der Waals surface area (Å²) in [6.07, 6.45) is 4.70. The van der Waals surface area contributed by atoms with Crippen LogP contribution < -0.4 is 10.6 Å². The zero-order valence-corrected chi connectivity index (χ0v) is 13.4. The van der Waals surface area contributed by atoms with Crippen LogP contribution in [0, 0.1) is 0 Å². The average Bonchev–Trinajstić information content (AvgIpc) is 2.47. The molecule has 0 aromatic heterocycles. The number of rotatable bonds is 5.